The highest BCUT2D eigenvalue weighted by atomic mass is 16.5. The lowest BCUT2D eigenvalue weighted by molar-refractivity contribution is 0.344. The van der Waals surface area contributed by atoms with Gasteiger partial charge in [0.1, 0.15) is 12.4 Å². The summed E-state index contributed by atoms with van der Waals surface area (Å²) in [7, 11) is 2.18. The van der Waals surface area contributed by atoms with E-state index in [0.717, 1.165) is 31.7 Å². The van der Waals surface area contributed by atoms with Gasteiger partial charge in [-0.25, -0.2) is 0 Å². The van der Waals surface area contributed by atoms with E-state index in [0.29, 0.717) is 6.61 Å². The van der Waals surface area contributed by atoms with Crippen molar-refractivity contribution in [3.8, 4) is 5.75 Å². The van der Waals surface area contributed by atoms with Crippen LogP contribution in [0, 0.1) is 0 Å². The lowest BCUT2D eigenvalue weighted by atomic mass is 10.0. The van der Waals surface area contributed by atoms with Crippen molar-refractivity contribution in [1.29, 1.82) is 0 Å². The fraction of sp³-hybridized carbons (Fsp3) is 0.429. The maximum Gasteiger partial charge on any atom is 0.123 e. The van der Waals surface area contributed by atoms with Gasteiger partial charge in [0.05, 0.1) is 0 Å². The topological polar surface area (TPSA) is 12.5 Å². The smallest absolute Gasteiger partial charge is 0.123 e. The number of hydrogen-bond donors (Lipinski definition) is 0. The monoisotopic (exact) mass is 217 g/mol. The van der Waals surface area contributed by atoms with Crippen LogP contribution in [0.1, 0.15) is 11.1 Å². The molecular formula is C14H19NO. The van der Waals surface area contributed by atoms with Crippen molar-refractivity contribution in [1.82, 2.24) is 4.90 Å². The quantitative estimate of drug-likeness (QED) is 0.720. The highest BCUT2D eigenvalue weighted by molar-refractivity contribution is 5.41. The van der Waals surface area contributed by atoms with Gasteiger partial charge in [-0.05, 0) is 37.1 Å². The van der Waals surface area contributed by atoms with Gasteiger partial charge in [0.2, 0.25) is 0 Å². The van der Waals surface area contributed by atoms with Gasteiger partial charge in [-0.1, -0.05) is 24.8 Å². The summed E-state index contributed by atoms with van der Waals surface area (Å²) in [6, 6.07) is 6.37. The zero-order chi connectivity index (χ0) is 11.4. The van der Waals surface area contributed by atoms with Gasteiger partial charge in [0, 0.05) is 13.1 Å². The Bertz CT molecular complexity index is 373. The lowest BCUT2D eigenvalue weighted by Crippen LogP contribution is -2.20. The number of likely N-dealkylation sites (N-methyl/N-ethyl adjacent to an activating group) is 1. The molecule has 1 aromatic carbocycles. The van der Waals surface area contributed by atoms with Crippen molar-refractivity contribution in [3.05, 3.63) is 42.0 Å². The third kappa shape index (κ3) is 2.45. The molecular weight excluding hydrogens is 198 g/mol. The molecule has 0 saturated carbocycles. The molecule has 2 heteroatoms. The molecule has 86 valence electrons. The van der Waals surface area contributed by atoms with Gasteiger partial charge in [-0.2, -0.15) is 0 Å². The second-order valence-corrected chi connectivity index (χ2v) is 4.30. The molecule has 1 aromatic rings. The zero-order valence-electron chi connectivity index (χ0n) is 9.91. The largest absolute Gasteiger partial charge is 0.489 e. The van der Waals surface area contributed by atoms with Crippen LogP contribution in [0.15, 0.2) is 30.9 Å². The van der Waals surface area contributed by atoms with Crippen molar-refractivity contribution in [2.45, 2.75) is 12.8 Å². The molecule has 0 N–H and O–H groups in total. The van der Waals surface area contributed by atoms with Crippen molar-refractivity contribution in [2.75, 3.05) is 26.7 Å². The van der Waals surface area contributed by atoms with Gasteiger partial charge in [-0.15, -0.1) is 0 Å². The van der Waals surface area contributed by atoms with Gasteiger partial charge in [-0.3, -0.25) is 0 Å². The minimum absolute atomic E-state index is 0.590. The fourth-order valence-electron chi connectivity index (χ4n) is 2.14. The predicted octanol–water partition coefficient (Wildman–Crippen LogP) is 2.28. The van der Waals surface area contributed by atoms with E-state index >= 15 is 0 Å². The normalized spacial score (nSPS) is 16.3. The summed E-state index contributed by atoms with van der Waals surface area (Å²) in [5, 5.41) is 0. The maximum atomic E-state index is 5.71. The molecule has 2 nitrogen and oxygen atoms in total. The minimum Gasteiger partial charge on any atom is -0.489 e. The van der Waals surface area contributed by atoms with Crippen LogP contribution in [0.25, 0.3) is 0 Å². The van der Waals surface area contributed by atoms with E-state index < -0.39 is 0 Å². The Morgan fingerprint density at radius 1 is 1.38 bits per heavy atom. The van der Waals surface area contributed by atoms with Crippen LogP contribution in [-0.4, -0.2) is 31.6 Å². The average Bonchev–Trinajstić information content (AvgIpc) is 2.49. The standard InChI is InChI=1S/C14H19NO/c1-3-11-16-14-6-4-5-12-7-9-15(2)10-8-13(12)14/h3-6H,1,7-11H2,2H3. The predicted molar refractivity (Wildman–Crippen MR) is 67.0 cm³/mol. The number of ether oxygens (including phenoxy) is 1. The SMILES string of the molecule is C=CCOc1cccc2c1CCN(C)CC2. The summed E-state index contributed by atoms with van der Waals surface area (Å²) in [6.45, 7) is 6.52. The number of rotatable bonds is 3. The molecule has 0 spiro atoms. The molecule has 0 aromatic heterocycles. The first-order chi connectivity index (χ1) is 7.81. The minimum atomic E-state index is 0.590. The van der Waals surface area contributed by atoms with E-state index in [1.54, 1.807) is 6.08 Å². The molecule has 0 bridgehead atoms. The Hall–Kier alpha value is -1.28. The number of nitrogens with zero attached hydrogens (tertiary/aromatic N) is 1. The molecule has 1 heterocycles. The third-order valence-corrected chi connectivity index (χ3v) is 3.09. The molecule has 0 saturated heterocycles. The molecule has 16 heavy (non-hydrogen) atoms. The average molecular weight is 217 g/mol. The maximum absolute atomic E-state index is 5.71. The van der Waals surface area contributed by atoms with Crippen LogP contribution in [0.5, 0.6) is 5.75 Å². The summed E-state index contributed by atoms with van der Waals surface area (Å²) in [4.78, 5) is 2.37. The van der Waals surface area contributed by atoms with E-state index in [-0.39, 0.29) is 0 Å². The molecule has 0 fully saturated rings. The Labute approximate surface area is 97.5 Å². The van der Waals surface area contributed by atoms with E-state index in [2.05, 4.69) is 36.7 Å². The van der Waals surface area contributed by atoms with Gasteiger partial charge < -0.3 is 9.64 Å². The molecule has 0 unspecified atom stereocenters. The number of benzene rings is 1. The van der Waals surface area contributed by atoms with Crippen LogP contribution >= 0.6 is 0 Å². The van der Waals surface area contributed by atoms with Crippen LogP contribution in [-0.2, 0) is 12.8 Å². The van der Waals surface area contributed by atoms with Gasteiger partial charge in [0.15, 0.2) is 0 Å². The van der Waals surface area contributed by atoms with E-state index in [4.69, 9.17) is 4.74 Å². The second-order valence-electron chi connectivity index (χ2n) is 4.30. The Kier molecular flexibility index (Phi) is 3.62. The lowest BCUT2D eigenvalue weighted by Gasteiger charge is -2.12. The zero-order valence-corrected chi connectivity index (χ0v) is 9.91. The third-order valence-electron chi connectivity index (χ3n) is 3.09. The number of fused-ring (bicyclic) bond motifs is 1. The summed E-state index contributed by atoms with van der Waals surface area (Å²) in [5.41, 5.74) is 2.82. The first-order valence-corrected chi connectivity index (χ1v) is 5.84. The summed E-state index contributed by atoms with van der Waals surface area (Å²) >= 11 is 0. The molecule has 1 aliphatic heterocycles. The Balaban J connectivity index is 2.24. The molecule has 2 rings (SSSR count). The Morgan fingerprint density at radius 2 is 2.19 bits per heavy atom. The molecule has 1 aliphatic rings. The van der Waals surface area contributed by atoms with E-state index in [1.165, 1.54) is 11.1 Å². The van der Waals surface area contributed by atoms with Crippen molar-refractivity contribution >= 4 is 0 Å². The van der Waals surface area contributed by atoms with Crippen LogP contribution in [0.4, 0.5) is 0 Å². The summed E-state index contributed by atoms with van der Waals surface area (Å²) < 4.78 is 5.71. The highest BCUT2D eigenvalue weighted by Gasteiger charge is 2.14. The van der Waals surface area contributed by atoms with E-state index in [1.807, 2.05) is 0 Å². The van der Waals surface area contributed by atoms with E-state index in [9.17, 15) is 0 Å². The van der Waals surface area contributed by atoms with Crippen LogP contribution in [0.3, 0.4) is 0 Å². The first kappa shape index (κ1) is 11.2. The van der Waals surface area contributed by atoms with Crippen LogP contribution < -0.4 is 4.74 Å². The molecule has 0 atom stereocenters. The van der Waals surface area contributed by atoms with Gasteiger partial charge in [0.25, 0.3) is 0 Å². The highest BCUT2D eigenvalue weighted by Crippen LogP contribution is 2.25. The summed E-state index contributed by atoms with van der Waals surface area (Å²) in [6.07, 6.45) is 4.00. The fourth-order valence-corrected chi connectivity index (χ4v) is 2.14. The second kappa shape index (κ2) is 5.17. The molecule has 0 amide bonds. The van der Waals surface area contributed by atoms with Crippen molar-refractivity contribution < 1.29 is 4.74 Å². The first-order valence-electron chi connectivity index (χ1n) is 5.84. The summed E-state index contributed by atoms with van der Waals surface area (Å²) in [5.74, 6) is 1.03. The van der Waals surface area contributed by atoms with Crippen LogP contribution in [0.2, 0.25) is 0 Å². The number of hydrogen-bond acceptors (Lipinski definition) is 2. The Morgan fingerprint density at radius 3 is 3.00 bits per heavy atom. The van der Waals surface area contributed by atoms with Gasteiger partial charge >= 0.3 is 0 Å². The molecule has 0 radical (unpaired) electrons. The van der Waals surface area contributed by atoms with Crippen molar-refractivity contribution in [3.63, 3.8) is 0 Å². The van der Waals surface area contributed by atoms with Crippen molar-refractivity contribution in [2.24, 2.45) is 0 Å². The molecule has 0 aliphatic carbocycles.